The average molecular weight is 293 g/mol. The van der Waals surface area contributed by atoms with Gasteiger partial charge in [0.05, 0.1) is 18.4 Å². The van der Waals surface area contributed by atoms with Crippen LogP contribution in [-0.2, 0) is 4.79 Å². The smallest absolute Gasteiger partial charge is 0.257 e. The van der Waals surface area contributed by atoms with Crippen LogP contribution in [0.3, 0.4) is 0 Å². The zero-order chi connectivity index (χ0) is 15.2. The van der Waals surface area contributed by atoms with Gasteiger partial charge in [-0.15, -0.1) is 0 Å². The number of hydrogen-bond donors (Lipinski definition) is 1. The molecule has 0 saturated carbocycles. The van der Waals surface area contributed by atoms with Gasteiger partial charge in [0.2, 0.25) is 5.91 Å². The molecule has 1 saturated heterocycles. The number of furan rings is 1. The van der Waals surface area contributed by atoms with E-state index in [9.17, 15) is 9.59 Å². The average Bonchev–Trinajstić information content (AvgIpc) is 2.99. The lowest BCUT2D eigenvalue weighted by Crippen LogP contribution is -2.51. The molecule has 21 heavy (non-hydrogen) atoms. The van der Waals surface area contributed by atoms with Gasteiger partial charge in [-0.25, -0.2) is 0 Å². The third kappa shape index (κ3) is 4.60. The molecular weight excluding hydrogens is 270 g/mol. The molecule has 0 spiro atoms. The summed E-state index contributed by atoms with van der Waals surface area (Å²) in [7, 11) is 0. The predicted molar refractivity (Wildman–Crippen MR) is 78.9 cm³/mol. The van der Waals surface area contributed by atoms with Crippen LogP contribution in [0.2, 0.25) is 0 Å². The maximum Gasteiger partial charge on any atom is 0.257 e. The molecule has 0 aliphatic carbocycles. The van der Waals surface area contributed by atoms with Crippen LogP contribution in [0, 0.1) is 5.92 Å². The lowest BCUT2D eigenvalue weighted by molar-refractivity contribution is -0.122. The highest BCUT2D eigenvalue weighted by Crippen LogP contribution is 2.09. The molecule has 1 aliphatic rings. The lowest BCUT2D eigenvalue weighted by atomic mass is 10.2. The quantitative estimate of drug-likeness (QED) is 0.872. The van der Waals surface area contributed by atoms with E-state index in [-0.39, 0.29) is 11.8 Å². The summed E-state index contributed by atoms with van der Waals surface area (Å²) in [5.41, 5.74) is 0.582. The van der Waals surface area contributed by atoms with Crippen molar-refractivity contribution in [2.45, 2.75) is 13.8 Å². The summed E-state index contributed by atoms with van der Waals surface area (Å²) in [5, 5.41) is 2.91. The number of nitrogens with one attached hydrogen (secondary N) is 1. The van der Waals surface area contributed by atoms with Crippen molar-refractivity contribution in [2.75, 3.05) is 39.3 Å². The van der Waals surface area contributed by atoms with Crippen LogP contribution >= 0.6 is 0 Å². The molecule has 0 aromatic carbocycles. The fourth-order valence-electron chi connectivity index (χ4n) is 2.25. The molecule has 0 unspecified atom stereocenters. The molecule has 2 rings (SSSR count). The van der Waals surface area contributed by atoms with Gasteiger partial charge in [0.25, 0.3) is 5.91 Å². The van der Waals surface area contributed by atoms with Crippen molar-refractivity contribution in [3.8, 4) is 0 Å². The Labute approximate surface area is 125 Å². The molecule has 6 heteroatoms. The molecule has 0 radical (unpaired) electrons. The van der Waals surface area contributed by atoms with Crippen molar-refractivity contribution >= 4 is 11.8 Å². The van der Waals surface area contributed by atoms with E-state index in [2.05, 4.69) is 24.1 Å². The van der Waals surface area contributed by atoms with Crippen molar-refractivity contribution in [1.82, 2.24) is 15.1 Å². The highest BCUT2D eigenvalue weighted by atomic mass is 16.3. The highest BCUT2D eigenvalue weighted by molar-refractivity contribution is 5.93. The molecule has 0 bridgehead atoms. The minimum atomic E-state index is -0.00680. The third-order valence-electron chi connectivity index (χ3n) is 3.50. The van der Waals surface area contributed by atoms with E-state index < -0.39 is 0 Å². The summed E-state index contributed by atoms with van der Waals surface area (Å²) < 4.78 is 4.94. The number of rotatable bonds is 5. The predicted octanol–water partition coefficient (Wildman–Crippen LogP) is 0.810. The molecule has 2 heterocycles. The van der Waals surface area contributed by atoms with E-state index >= 15 is 0 Å². The number of carbonyl (C=O) groups excluding carboxylic acids is 2. The van der Waals surface area contributed by atoms with Crippen LogP contribution in [0.25, 0.3) is 0 Å². The van der Waals surface area contributed by atoms with E-state index in [0.717, 1.165) is 13.1 Å². The van der Waals surface area contributed by atoms with Crippen molar-refractivity contribution in [3.05, 3.63) is 24.2 Å². The van der Waals surface area contributed by atoms with Gasteiger partial charge in [-0.1, -0.05) is 13.8 Å². The summed E-state index contributed by atoms with van der Waals surface area (Å²) in [5.74, 6) is 0.504. The first kappa shape index (κ1) is 15.6. The lowest BCUT2D eigenvalue weighted by Gasteiger charge is -2.34. The van der Waals surface area contributed by atoms with Gasteiger partial charge in [-0.05, 0) is 12.0 Å². The van der Waals surface area contributed by atoms with E-state index in [4.69, 9.17) is 4.42 Å². The summed E-state index contributed by atoms with van der Waals surface area (Å²) in [4.78, 5) is 27.8. The fraction of sp³-hybridized carbons (Fsp3) is 0.600. The molecule has 1 aliphatic heterocycles. The van der Waals surface area contributed by atoms with Gasteiger partial charge >= 0.3 is 0 Å². The van der Waals surface area contributed by atoms with Crippen molar-refractivity contribution in [2.24, 2.45) is 5.92 Å². The van der Waals surface area contributed by atoms with Crippen LogP contribution in [0.4, 0.5) is 0 Å². The SMILES string of the molecule is CC(C)CNC(=O)CN1CCN(C(=O)c2ccoc2)CC1. The molecule has 1 aromatic heterocycles. The number of amides is 2. The first-order chi connectivity index (χ1) is 10.1. The Hall–Kier alpha value is -1.82. The Bertz CT molecular complexity index is 463. The van der Waals surface area contributed by atoms with Crippen LogP contribution in [-0.4, -0.2) is 60.9 Å². The Kier molecular flexibility index (Phi) is 5.38. The first-order valence-corrected chi connectivity index (χ1v) is 7.37. The van der Waals surface area contributed by atoms with Crippen molar-refractivity contribution in [3.63, 3.8) is 0 Å². The fourth-order valence-corrected chi connectivity index (χ4v) is 2.25. The second kappa shape index (κ2) is 7.26. The zero-order valence-electron chi connectivity index (χ0n) is 12.7. The Morgan fingerprint density at radius 2 is 2.00 bits per heavy atom. The highest BCUT2D eigenvalue weighted by Gasteiger charge is 2.23. The molecule has 116 valence electrons. The molecule has 0 atom stereocenters. The normalized spacial score (nSPS) is 16.2. The van der Waals surface area contributed by atoms with Crippen molar-refractivity contribution < 1.29 is 14.0 Å². The molecule has 6 nitrogen and oxygen atoms in total. The maximum absolute atomic E-state index is 12.1. The third-order valence-corrected chi connectivity index (χ3v) is 3.50. The number of piperazine rings is 1. The minimum absolute atomic E-state index is 0.00680. The van der Waals surface area contributed by atoms with Gasteiger partial charge in [0.15, 0.2) is 0 Å². The topological polar surface area (TPSA) is 65.8 Å². The number of hydrogen-bond acceptors (Lipinski definition) is 4. The van der Waals surface area contributed by atoms with Gasteiger partial charge in [0, 0.05) is 32.7 Å². The standard InChI is InChI=1S/C15H23N3O3/c1-12(2)9-16-14(19)10-17-4-6-18(7-5-17)15(20)13-3-8-21-11-13/h3,8,11-12H,4-7,9-10H2,1-2H3,(H,16,19). The molecule has 1 aromatic rings. The second-order valence-electron chi connectivity index (χ2n) is 5.78. The number of carbonyl (C=O) groups is 2. The van der Waals surface area contributed by atoms with Crippen LogP contribution in [0.15, 0.2) is 23.0 Å². The minimum Gasteiger partial charge on any atom is -0.472 e. The second-order valence-corrected chi connectivity index (χ2v) is 5.78. The monoisotopic (exact) mass is 293 g/mol. The van der Waals surface area contributed by atoms with Crippen molar-refractivity contribution in [1.29, 1.82) is 0 Å². The van der Waals surface area contributed by atoms with E-state index in [1.807, 2.05) is 0 Å². The van der Waals surface area contributed by atoms with Gasteiger partial charge in [-0.2, -0.15) is 0 Å². The van der Waals surface area contributed by atoms with E-state index in [1.54, 1.807) is 11.0 Å². The van der Waals surface area contributed by atoms with Crippen LogP contribution in [0.1, 0.15) is 24.2 Å². The Morgan fingerprint density at radius 3 is 2.57 bits per heavy atom. The van der Waals surface area contributed by atoms with E-state index in [0.29, 0.717) is 37.7 Å². The summed E-state index contributed by atoms with van der Waals surface area (Å²) >= 11 is 0. The molecular formula is C15H23N3O3. The van der Waals surface area contributed by atoms with Gasteiger partial charge in [0.1, 0.15) is 6.26 Å². The Balaban J connectivity index is 1.73. The zero-order valence-corrected chi connectivity index (χ0v) is 12.7. The van der Waals surface area contributed by atoms with Crippen LogP contribution in [0.5, 0.6) is 0 Å². The molecule has 1 fully saturated rings. The van der Waals surface area contributed by atoms with E-state index in [1.165, 1.54) is 12.5 Å². The summed E-state index contributed by atoms with van der Waals surface area (Å²) in [6, 6.07) is 1.67. The first-order valence-electron chi connectivity index (χ1n) is 7.37. The van der Waals surface area contributed by atoms with Gasteiger partial charge < -0.3 is 14.6 Å². The maximum atomic E-state index is 12.1. The summed E-state index contributed by atoms with van der Waals surface area (Å²) in [6.45, 7) is 7.97. The van der Waals surface area contributed by atoms with Gasteiger partial charge in [-0.3, -0.25) is 14.5 Å². The molecule has 2 amide bonds. The number of nitrogens with zero attached hydrogens (tertiary/aromatic N) is 2. The summed E-state index contributed by atoms with van der Waals surface area (Å²) in [6.07, 6.45) is 2.97. The Morgan fingerprint density at radius 1 is 1.29 bits per heavy atom. The molecule has 1 N–H and O–H groups in total. The largest absolute Gasteiger partial charge is 0.472 e. The van der Waals surface area contributed by atoms with Crippen LogP contribution < -0.4 is 5.32 Å².